The zero-order valence-corrected chi connectivity index (χ0v) is 6.52. The van der Waals surface area contributed by atoms with Crippen LogP contribution in [0, 0.1) is 5.92 Å². The summed E-state index contributed by atoms with van der Waals surface area (Å²) in [6.07, 6.45) is 0.00231. The summed E-state index contributed by atoms with van der Waals surface area (Å²) in [6.45, 7) is 0.246. The van der Waals surface area contributed by atoms with Crippen LogP contribution in [0.25, 0.3) is 0 Å². The van der Waals surface area contributed by atoms with E-state index in [4.69, 9.17) is 5.11 Å². The van der Waals surface area contributed by atoms with Crippen molar-refractivity contribution in [3.63, 3.8) is 0 Å². The minimum Gasteiger partial charge on any atom is -0.550 e. The summed E-state index contributed by atoms with van der Waals surface area (Å²) in [6, 6.07) is 0. The predicted octanol–water partition coefficient (Wildman–Crippen LogP) is -2.42. The molecule has 0 saturated carbocycles. The largest absolute Gasteiger partial charge is 0.550 e. The average Bonchev–Trinajstić information content (AvgIpc) is 2.34. The van der Waals surface area contributed by atoms with Crippen molar-refractivity contribution in [3.8, 4) is 0 Å². The summed E-state index contributed by atoms with van der Waals surface area (Å²) >= 11 is 0. The fourth-order valence-corrected chi connectivity index (χ4v) is 1.27. The molecule has 0 aliphatic carbocycles. The molecule has 5 heteroatoms. The second kappa shape index (κ2) is 3.53. The second-order valence-electron chi connectivity index (χ2n) is 2.78. The highest BCUT2D eigenvalue weighted by atomic mass is 16.4. The third kappa shape index (κ3) is 1.73. The van der Waals surface area contributed by atoms with E-state index in [-0.39, 0.29) is 32.0 Å². The van der Waals surface area contributed by atoms with Crippen LogP contribution < -0.4 is 5.11 Å². The van der Waals surface area contributed by atoms with E-state index in [0.717, 1.165) is 0 Å². The Morgan fingerprint density at radius 3 is 2.83 bits per heavy atom. The minimum absolute atomic E-state index is 0.00231. The van der Waals surface area contributed by atoms with E-state index in [9.17, 15) is 14.7 Å². The number of aliphatic hydroxyl groups excluding tert-OH is 1. The summed E-state index contributed by atoms with van der Waals surface area (Å²) in [5, 5.41) is 18.9. The zero-order chi connectivity index (χ0) is 9.14. The number of aliphatic carboxylic acids is 1. The first-order chi connectivity index (χ1) is 5.65. The monoisotopic (exact) mass is 172 g/mol. The van der Waals surface area contributed by atoms with Gasteiger partial charge in [0.25, 0.3) is 0 Å². The Morgan fingerprint density at radius 1 is 1.75 bits per heavy atom. The van der Waals surface area contributed by atoms with Crippen molar-refractivity contribution < 1.29 is 19.8 Å². The molecule has 0 aromatic heterocycles. The molecule has 0 aromatic carbocycles. The van der Waals surface area contributed by atoms with Crippen LogP contribution in [-0.2, 0) is 9.59 Å². The van der Waals surface area contributed by atoms with Crippen LogP contribution in [0.5, 0.6) is 0 Å². The molecule has 1 heterocycles. The van der Waals surface area contributed by atoms with Gasteiger partial charge in [-0.05, 0) is 0 Å². The maximum absolute atomic E-state index is 11.0. The van der Waals surface area contributed by atoms with E-state index in [1.54, 1.807) is 0 Å². The number of rotatable bonds is 3. The lowest BCUT2D eigenvalue weighted by Crippen LogP contribution is -2.34. The van der Waals surface area contributed by atoms with E-state index < -0.39 is 11.9 Å². The topological polar surface area (TPSA) is 80.7 Å². The van der Waals surface area contributed by atoms with Gasteiger partial charge in [0.15, 0.2) is 0 Å². The normalized spacial score (nSPS) is 23.2. The minimum atomic E-state index is -1.19. The lowest BCUT2D eigenvalue weighted by molar-refractivity contribution is -0.311. The number of hydrogen-bond acceptors (Lipinski definition) is 4. The Balaban J connectivity index is 2.50. The Hall–Kier alpha value is -1.10. The highest BCUT2D eigenvalue weighted by molar-refractivity contribution is 5.85. The second-order valence-corrected chi connectivity index (χ2v) is 2.78. The molecule has 1 fully saturated rings. The molecule has 1 saturated heterocycles. The van der Waals surface area contributed by atoms with Crippen molar-refractivity contribution in [1.82, 2.24) is 4.90 Å². The molecule has 0 unspecified atom stereocenters. The van der Waals surface area contributed by atoms with Gasteiger partial charge >= 0.3 is 0 Å². The van der Waals surface area contributed by atoms with Crippen LogP contribution >= 0.6 is 0 Å². The SMILES string of the molecule is O=C([O-])[C@H]1CC(=O)N(CCO)C1. The van der Waals surface area contributed by atoms with Gasteiger partial charge in [0, 0.05) is 31.4 Å². The van der Waals surface area contributed by atoms with Crippen LogP contribution in [0.15, 0.2) is 0 Å². The average molecular weight is 172 g/mol. The van der Waals surface area contributed by atoms with E-state index >= 15 is 0 Å². The van der Waals surface area contributed by atoms with Gasteiger partial charge in [-0.15, -0.1) is 0 Å². The summed E-state index contributed by atoms with van der Waals surface area (Å²) < 4.78 is 0. The van der Waals surface area contributed by atoms with Crippen molar-refractivity contribution in [2.24, 2.45) is 5.92 Å². The highest BCUT2D eigenvalue weighted by Gasteiger charge is 2.29. The number of carboxylic acids is 1. The fourth-order valence-electron chi connectivity index (χ4n) is 1.27. The highest BCUT2D eigenvalue weighted by Crippen LogP contribution is 2.15. The Labute approximate surface area is 69.6 Å². The number of aliphatic hydroxyl groups is 1. The molecule has 0 aromatic rings. The van der Waals surface area contributed by atoms with Crippen LogP contribution in [-0.4, -0.2) is 41.6 Å². The van der Waals surface area contributed by atoms with Crippen molar-refractivity contribution >= 4 is 11.9 Å². The number of β-amino-alcohol motifs (C(OH)–C–C–N with tert-alkyl or cyclic N) is 1. The lowest BCUT2D eigenvalue weighted by atomic mass is 10.1. The maximum Gasteiger partial charge on any atom is 0.223 e. The Kier molecular flexibility index (Phi) is 2.65. The zero-order valence-electron chi connectivity index (χ0n) is 6.52. The summed E-state index contributed by atoms with van der Waals surface area (Å²) in [7, 11) is 0. The van der Waals surface area contributed by atoms with Gasteiger partial charge in [0.2, 0.25) is 5.91 Å². The third-order valence-electron chi connectivity index (χ3n) is 1.92. The molecule has 1 aliphatic rings. The van der Waals surface area contributed by atoms with Gasteiger partial charge in [-0.3, -0.25) is 4.79 Å². The van der Waals surface area contributed by atoms with Crippen LogP contribution in [0.2, 0.25) is 0 Å². The predicted molar refractivity (Wildman–Crippen MR) is 36.8 cm³/mol. The van der Waals surface area contributed by atoms with Gasteiger partial charge in [-0.25, -0.2) is 0 Å². The molecule has 1 rings (SSSR count). The Bertz CT molecular complexity index is 204. The standard InChI is InChI=1S/C7H11NO4/c9-2-1-8-4-5(7(11)12)3-6(8)10/h5,9H,1-4H2,(H,11,12)/p-1/t5-/m0/s1. The number of hydrogen-bond donors (Lipinski definition) is 1. The number of carboxylic acid groups (broad SMARTS) is 1. The van der Waals surface area contributed by atoms with Gasteiger partial charge in [0.1, 0.15) is 0 Å². The van der Waals surface area contributed by atoms with Gasteiger partial charge in [-0.1, -0.05) is 0 Å². The third-order valence-corrected chi connectivity index (χ3v) is 1.92. The fraction of sp³-hybridized carbons (Fsp3) is 0.714. The summed E-state index contributed by atoms with van der Waals surface area (Å²) in [4.78, 5) is 22.7. The quantitative estimate of drug-likeness (QED) is 0.513. The number of carbonyl (C=O) groups is 2. The van der Waals surface area contributed by atoms with Crippen LogP contribution in [0.3, 0.4) is 0 Å². The number of nitrogens with zero attached hydrogens (tertiary/aromatic N) is 1. The van der Waals surface area contributed by atoms with Crippen LogP contribution in [0.4, 0.5) is 0 Å². The van der Waals surface area contributed by atoms with Crippen LogP contribution in [0.1, 0.15) is 6.42 Å². The smallest absolute Gasteiger partial charge is 0.223 e. The van der Waals surface area contributed by atoms with E-state index in [1.807, 2.05) is 0 Å². The molecular formula is C7H10NO4-. The first-order valence-electron chi connectivity index (χ1n) is 3.74. The summed E-state index contributed by atoms with van der Waals surface area (Å²) in [5.74, 6) is -2.12. The molecule has 5 nitrogen and oxygen atoms in total. The molecule has 68 valence electrons. The Morgan fingerprint density at radius 2 is 2.42 bits per heavy atom. The van der Waals surface area contributed by atoms with Crippen molar-refractivity contribution in [2.45, 2.75) is 6.42 Å². The first-order valence-corrected chi connectivity index (χ1v) is 3.74. The van der Waals surface area contributed by atoms with Gasteiger partial charge in [-0.2, -0.15) is 0 Å². The van der Waals surface area contributed by atoms with Crippen molar-refractivity contribution in [3.05, 3.63) is 0 Å². The van der Waals surface area contributed by atoms with E-state index in [2.05, 4.69) is 0 Å². The molecule has 0 bridgehead atoms. The van der Waals surface area contributed by atoms with E-state index in [0.29, 0.717) is 0 Å². The number of amides is 1. The molecule has 12 heavy (non-hydrogen) atoms. The molecule has 1 atom stereocenters. The summed E-state index contributed by atoms with van der Waals surface area (Å²) in [5.41, 5.74) is 0. The number of carbonyl (C=O) groups excluding carboxylic acids is 2. The first kappa shape index (κ1) is 8.99. The molecule has 0 spiro atoms. The number of likely N-dealkylation sites (tertiary alicyclic amines) is 1. The van der Waals surface area contributed by atoms with Crippen molar-refractivity contribution in [2.75, 3.05) is 19.7 Å². The van der Waals surface area contributed by atoms with Gasteiger partial charge in [0.05, 0.1) is 6.61 Å². The molecule has 1 aliphatic heterocycles. The van der Waals surface area contributed by atoms with E-state index in [1.165, 1.54) is 4.90 Å². The molecule has 1 N–H and O–H groups in total. The van der Waals surface area contributed by atoms with Crippen molar-refractivity contribution in [1.29, 1.82) is 0 Å². The molecule has 0 radical (unpaired) electrons. The lowest BCUT2D eigenvalue weighted by Gasteiger charge is -2.14. The van der Waals surface area contributed by atoms with Gasteiger partial charge < -0.3 is 19.9 Å². The molecule has 1 amide bonds. The maximum atomic E-state index is 11.0. The molecular weight excluding hydrogens is 162 g/mol.